The van der Waals surface area contributed by atoms with Crippen molar-refractivity contribution in [2.45, 2.75) is 13.5 Å². The first-order valence-electron chi connectivity index (χ1n) is 8.37. The van der Waals surface area contributed by atoms with Gasteiger partial charge >= 0.3 is 0 Å². The van der Waals surface area contributed by atoms with Gasteiger partial charge in [0.1, 0.15) is 5.76 Å². The number of benzene rings is 1. The molecule has 1 N–H and O–H groups in total. The largest absolute Gasteiger partial charge is 0.469 e. The fourth-order valence-corrected chi connectivity index (χ4v) is 2.97. The van der Waals surface area contributed by atoms with Crippen LogP contribution in [-0.2, 0) is 6.54 Å². The summed E-state index contributed by atoms with van der Waals surface area (Å²) in [6, 6.07) is 9.55. The molecule has 0 unspecified atom stereocenters. The van der Waals surface area contributed by atoms with Gasteiger partial charge in [-0.3, -0.25) is 9.97 Å². The highest BCUT2D eigenvalue weighted by Gasteiger charge is 2.16. The molecule has 0 radical (unpaired) electrons. The van der Waals surface area contributed by atoms with Gasteiger partial charge in [-0.2, -0.15) is 0 Å². The molecule has 0 spiro atoms. The zero-order chi connectivity index (χ0) is 18.6. The number of rotatable bonds is 5. The fraction of sp³-hybridized carbons (Fsp3) is 0.100. The van der Waals surface area contributed by atoms with E-state index in [1.807, 2.05) is 37.3 Å². The van der Waals surface area contributed by atoms with Crippen LogP contribution in [0.5, 0.6) is 0 Å². The molecule has 4 aromatic rings. The second-order valence-corrected chi connectivity index (χ2v) is 6.36. The average Bonchev–Trinajstić information content (AvgIpc) is 3.13. The Hall–Kier alpha value is -3.25. The van der Waals surface area contributed by atoms with Gasteiger partial charge in [-0.1, -0.05) is 23.7 Å². The minimum atomic E-state index is 0.512. The van der Waals surface area contributed by atoms with Crippen LogP contribution in [0.25, 0.3) is 22.5 Å². The summed E-state index contributed by atoms with van der Waals surface area (Å²) in [5.41, 5.74) is 4.18. The molecule has 1 aromatic carbocycles. The highest BCUT2D eigenvalue weighted by molar-refractivity contribution is 6.30. The van der Waals surface area contributed by atoms with Crippen LogP contribution in [0.1, 0.15) is 11.3 Å². The minimum absolute atomic E-state index is 0.512. The highest BCUT2D eigenvalue weighted by Crippen LogP contribution is 2.32. The van der Waals surface area contributed by atoms with E-state index < -0.39 is 0 Å². The standard InChI is InChI=1S/C20H16ClN5O/c1-13-16(5-8-27-13)19-17(18-12-22-6-7-23-18)11-25-20(26-19)24-10-14-3-2-4-15(21)9-14/h2-9,11-12H,10H2,1H3,(H,24,25,26). The molecular weight excluding hydrogens is 362 g/mol. The molecule has 0 aliphatic carbocycles. The zero-order valence-corrected chi connectivity index (χ0v) is 15.3. The van der Waals surface area contributed by atoms with Crippen LogP contribution in [-0.4, -0.2) is 19.9 Å². The molecule has 0 atom stereocenters. The van der Waals surface area contributed by atoms with Crippen molar-refractivity contribution in [2.75, 3.05) is 5.32 Å². The molecule has 4 rings (SSSR count). The van der Waals surface area contributed by atoms with Gasteiger partial charge < -0.3 is 9.73 Å². The molecule has 0 amide bonds. The van der Waals surface area contributed by atoms with Crippen molar-refractivity contribution in [3.63, 3.8) is 0 Å². The number of anilines is 1. The third kappa shape index (κ3) is 3.80. The molecule has 27 heavy (non-hydrogen) atoms. The first-order chi connectivity index (χ1) is 13.2. The quantitative estimate of drug-likeness (QED) is 0.540. The molecule has 0 aliphatic heterocycles. The SMILES string of the molecule is Cc1occc1-c1nc(NCc2cccc(Cl)c2)ncc1-c1cnccn1. The Kier molecular flexibility index (Phi) is 4.80. The highest BCUT2D eigenvalue weighted by atomic mass is 35.5. The molecule has 0 saturated carbocycles. The number of nitrogens with zero attached hydrogens (tertiary/aromatic N) is 4. The predicted molar refractivity (Wildman–Crippen MR) is 104 cm³/mol. The molecule has 0 saturated heterocycles. The van der Waals surface area contributed by atoms with E-state index in [9.17, 15) is 0 Å². The first kappa shape index (κ1) is 17.2. The van der Waals surface area contributed by atoms with Crippen molar-refractivity contribution in [1.82, 2.24) is 19.9 Å². The number of halogens is 1. The van der Waals surface area contributed by atoms with Crippen molar-refractivity contribution < 1.29 is 4.42 Å². The third-order valence-electron chi connectivity index (χ3n) is 4.08. The Morgan fingerprint density at radius 3 is 2.74 bits per heavy atom. The number of hydrogen-bond acceptors (Lipinski definition) is 6. The molecule has 0 bridgehead atoms. The Morgan fingerprint density at radius 1 is 1.07 bits per heavy atom. The topological polar surface area (TPSA) is 76.7 Å². The normalized spacial score (nSPS) is 10.7. The van der Waals surface area contributed by atoms with Crippen LogP contribution in [0.15, 0.2) is 65.8 Å². The summed E-state index contributed by atoms with van der Waals surface area (Å²) in [6.45, 7) is 2.46. The molecule has 0 fully saturated rings. The van der Waals surface area contributed by atoms with E-state index in [-0.39, 0.29) is 0 Å². The van der Waals surface area contributed by atoms with Gasteiger partial charge in [-0.25, -0.2) is 9.97 Å². The number of aromatic nitrogens is 4. The van der Waals surface area contributed by atoms with Crippen LogP contribution in [0.2, 0.25) is 5.02 Å². The number of aryl methyl sites for hydroxylation is 1. The summed E-state index contributed by atoms with van der Waals surface area (Å²) in [5, 5.41) is 3.94. The summed E-state index contributed by atoms with van der Waals surface area (Å²) >= 11 is 6.04. The van der Waals surface area contributed by atoms with E-state index in [0.717, 1.165) is 28.1 Å². The minimum Gasteiger partial charge on any atom is -0.469 e. The van der Waals surface area contributed by atoms with Gasteiger partial charge in [0, 0.05) is 41.3 Å². The Morgan fingerprint density at radius 2 is 2.00 bits per heavy atom. The van der Waals surface area contributed by atoms with Gasteiger partial charge in [-0.05, 0) is 30.7 Å². The first-order valence-corrected chi connectivity index (χ1v) is 8.75. The molecule has 3 heterocycles. The molecule has 6 nitrogen and oxygen atoms in total. The predicted octanol–water partition coefficient (Wildman–Crippen LogP) is 4.77. The van der Waals surface area contributed by atoms with E-state index in [0.29, 0.717) is 23.2 Å². The molecule has 3 aromatic heterocycles. The smallest absolute Gasteiger partial charge is 0.223 e. The summed E-state index contributed by atoms with van der Waals surface area (Å²) in [6.07, 6.45) is 8.36. The molecule has 0 aliphatic rings. The fourth-order valence-electron chi connectivity index (χ4n) is 2.76. The number of nitrogens with one attached hydrogen (secondary N) is 1. The van der Waals surface area contributed by atoms with Gasteiger partial charge in [-0.15, -0.1) is 0 Å². The number of furan rings is 1. The lowest BCUT2D eigenvalue weighted by molar-refractivity contribution is 0.535. The van der Waals surface area contributed by atoms with Crippen molar-refractivity contribution in [2.24, 2.45) is 0 Å². The second-order valence-electron chi connectivity index (χ2n) is 5.92. The molecule has 134 valence electrons. The van der Waals surface area contributed by atoms with E-state index in [1.165, 1.54) is 0 Å². The van der Waals surface area contributed by atoms with Gasteiger partial charge in [0.2, 0.25) is 5.95 Å². The van der Waals surface area contributed by atoms with Crippen molar-refractivity contribution in [3.8, 4) is 22.5 Å². The van der Waals surface area contributed by atoms with Crippen molar-refractivity contribution in [3.05, 3.63) is 77.7 Å². The van der Waals surface area contributed by atoms with E-state index in [4.69, 9.17) is 21.0 Å². The van der Waals surface area contributed by atoms with Crippen LogP contribution in [0.4, 0.5) is 5.95 Å². The van der Waals surface area contributed by atoms with Gasteiger partial charge in [0.05, 0.1) is 23.8 Å². The van der Waals surface area contributed by atoms with Crippen LogP contribution < -0.4 is 5.32 Å². The average molecular weight is 378 g/mol. The number of hydrogen-bond donors (Lipinski definition) is 1. The van der Waals surface area contributed by atoms with E-state index >= 15 is 0 Å². The monoisotopic (exact) mass is 377 g/mol. The van der Waals surface area contributed by atoms with Gasteiger partial charge in [0.25, 0.3) is 0 Å². The Bertz CT molecular complexity index is 1060. The summed E-state index contributed by atoms with van der Waals surface area (Å²) < 4.78 is 5.46. The summed E-state index contributed by atoms with van der Waals surface area (Å²) in [4.78, 5) is 17.7. The van der Waals surface area contributed by atoms with E-state index in [2.05, 4.69) is 20.3 Å². The zero-order valence-electron chi connectivity index (χ0n) is 14.6. The van der Waals surface area contributed by atoms with Crippen LogP contribution in [0, 0.1) is 6.92 Å². The lowest BCUT2D eigenvalue weighted by Gasteiger charge is -2.11. The molecular formula is C20H16ClN5O. The molecule has 7 heteroatoms. The summed E-state index contributed by atoms with van der Waals surface area (Å²) in [5.74, 6) is 1.29. The Labute approximate surface area is 161 Å². The maximum absolute atomic E-state index is 6.04. The maximum atomic E-state index is 6.04. The van der Waals surface area contributed by atoms with Crippen LogP contribution in [0.3, 0.4) is 0 Å². The van der Waals surface area contributed by atoms with Gasteiger partial charge in [0.15, 0.2) is 0 Å². The van der Waals surface area contributed by atoms with E-state index in [1.54, 1.807) is 31.1 Å². The summed E-state index contributed by atoms with van der Waals surface area (Å²) in [7, 11) is 0. The second kappa shape index (κ2) is 7.55. The lowest BCUT2D eigenvalue weighted by atomic mass is 10.1. The Balaban J connectivity index is 1.70. The van der Waals surface area contributed by atoms with Crippen LogP contribution >= 0.6 is 11.6 Å². The maximum Gasteiger partial charge on any atom is 0.223 e. The lowest BCUT2D eigenvalue weighted by Crippen LogP contribution is -2.05. The van der Waals surface area contributed by atoms with Crippen molar-refractivity contribution >= 4 is 17.5 Å². The van der Waals surface area contributed by atoms with Crippen molar-refractivity contribution in [1.29, 1.82) is 0 Å². The third-order valence-corrected chi connectivity index (χ3v) is 4.32.